The third kappa shape index (κ3) is 4.27. The monoisotopic (exact) mass is 359 g/mol. The summed E-state index contributed by atoms with van der Waals surface area (Å²) in [6.45, 7) is 0.333. The average molecular weight is 359 g/mol. The van der Waals surface area contributed by atoms with Crippen molar-refractivity contribution in [3.63, 3.8) is 0 Å². The van der Waals surface area contributed by atoms with Gasteiger partial charge in [0.2, 0.25) is 5.91 Å². The normalized spacial score (nSPS) is 16.7. The fourth-order valence-corrected chi connectivity index (χ4v) is 2.65. The van der Waals surface area contributed by atoms with Crippen molar-refractivity contribution in [3.05, 3.63) is 59.8 Å². The smallest absolute Gasteiger partial charge is 0.325 e. The summed E-state index contributed by atoms with van der Waals surface area (Å²) in [5.74, 6) is -0.459. The van der Waals surface area contributed by atoms with E-state index in [-0.39, 0.29) is 43.6 Å². The van der Waals surface area contributed by atoms with E-state index in [2.05, 4.69) is 10.6 Å². The number of furan rings is 1. The maximum absolute atomic E-state index is 12.8. The number of imide groups is 1. The van der Waals surface area contributed by atoms with Crippen LogP contribution in [0.15, 0.2) is 47.1 Å². The van der Waals surface area contributed by atoms with Crippen molar-refractivity contribution in [2.45, 2.75) is 32.0 Å². The van der Waals surface area contributed by atoms with E-state index in [1.54, 1.807) is 24.3 Å². The second-order valence-corrected chi connectivity index (χ2v) is 5.95. The van der Waals surface area contributed by atoms with Crippen molar-refractivity contribution < 1.29 is 23.2 Å². The molecule has 1 aliphatic rings. The second-order valence-electron chi connectivity index (χ2n) is 5.95. The van der Waals surface area contributed by atoms with Gasteiger partial charge in [-0.2, -0.15) is 0 Å². The van der Waals surface area contributed by atoms with E-state index in [1.807, 2.05) is 0 Å². The highest BCUT2D eigenvalue weighted by Gasteiger charge is 2.38. The molecule has 0 unspecified atom stereocenters. The van der Waals surface area contributed by atoms with Crippen LogP contribution in [-0.2, 0) is 22.7 Å². The molecule has 4 amide bonds. The van der Waals surface area contributed by atoms with Crippen LogP contribution in [0.1, 0.15) is 24.2 Å². The molecule has 26 heavy (non-hydrogen) atoms. The number of rotatable bonds is 7. The zero-order valence-electron chi connectivity index (χ0n) is 13.9. The Balaban J connectivity index is 1.45. The number of benzene rings is 1. The Bertz CT molecular complexity index is 789. The Kier molecular flexibility index (Phi) is 5.31. The summed E-state index contributed by atoms with van der Waals surface area (Å²) in [5, 5.41) is 5.28. The van der Waals surface area contributed by atoms with Crippen molar-refractivity contribution in [1.29, 1.82) is 0 Å². The number of nitrogens with zero attached hydrogens (tertiary/aromatic N) is 1. The Morgan fingerprint density at radius 1 is 1.23 bits per heavy atom. The summed E-state index contributed by atoms with van der Waals surface area (Å²) in [7, 11) is 0. The summed E-state index contributed by atoms with van der Waals surface area (Å²) in [5.41, 5.74) is 0.773. The van der Waals surface area contributed by atoms with Crippen molar-refractivity contribution in [2.24, 2.45) is 0 Å². The first-order valence-electron chi connectivity index (χ1n) is 8.18. The van der Waals surface area contributed by atoms with Crippen LogP contribution < -0.4 is 10.6 Å². The SMILES string of the molecule is O=C(CC[C@@H]1NC(=O)N(Cc2ccco2)C1=O)NCc1ccc(F)cc1. The molecule has 2 aromatic rings. The standard InChI is InChI=1S/C18H18FN3O4/c19-13-5-3-12(4-6-13)10-20-16(23)8-7-15-17(24)22(18(25)21-15)11-14-2-1-9-26-14/h1-6,9,15H,7-8,10-11H2,(H,20,23)(H,21,25)/t15-/m0/s1. The van der Waals surface area contributed by atoms with Gasteiger partial charge >= 0.3 is 6.03 Å². The molecular formula is C18H18FN3O4. The number of carbonyl (C=O) groups is 3. The fraction of sp³-hybridized carbons (Fsp3) is 0.278. The molecule has 1 saturated heterocycles. The van der Waals surface area contributed by atoms with Gasteiger partial charge < -0.3 is 15.1 Å². The van der Waals surface area contributed by atoms with Crippen LogP contribution >= 0.6 is 0 Å². The predicted octanol–water partition coefficient (Wildman–Crippen LogP) is 1.94. The summed E-state index contributed by atoms with van der Waals surface area (Å²) in [4.78, 5) is 37.2. The van der Waals surface area contributed by atoms with E-state index in [0.717, 1.165) is 10.5 Å². The minimum absolute atomic E-state index is 0.0604. The minimum atomic E-state index is -0.728. The van der Waals surface area contributed by atoms with Gasteiger partial charge in [-0.3, -0.25) is 14.5 Å². The van der Waals surface area contributed by atoms with Gasteiger partial charge in [0.15, 0.2) is 0 Å². The highest BCUT2D eigenvalue weighted by Crippen LogP contribution is 2.15. The molecular weight excluding hydrogens is 341 g/mol. The van der Waals surface area contributed by atoms with Crippen LogP contribution in [0.3, 0.4) is 0 Å². The first-order valence-corrected chi connectivity index (χ1v) is 8.18. The maximum Gasteiger partial charge on any atom is 0.325 e. The highest BCUT2D eigenvalue weighted by atomic mass is 19.1. The Labute approximate surface area is 149 Å². The first kappa shape index (κ1) is 17.7. The van der Waals surface area contributed by atoms with Crippen LogP contribution in [0, 0.1) is 5.82 Å². The summed E-state index contributed by atoms with van der Waals surface area (Å²) in [6, 6.07) is 7.94. The second kappa shape index (κ2) is 7.81. The number of urea groups is 1. The quantitative estimate of drug-likeness (QED) is 0.739. The Morgan fingerprint density at radius 2 is 2.00 bits per heavy atom. The zero-order valence-corrected chi connectivity index (χ0v) is 13.9. The van der Waals surface area contributed by atoms with E-state index in [9.17, 15) is 18.8 Å². The molecule has 7 nitrogen and oxygen atoms in total. The third-order valence-corrected chi connectivity index (χ3v) is 4.06. The number of hydrogen-bond acceptors (Lipinski definition) is 4. The maximum atomic E-state index is 12.8. The topological polar surface area (TPSA) is 91.7 Å². The molecule has 1 atom stereocenters. The lowest BCUT2D eigenvalue weighted by atomic mass is 10.1. The van der Waals surface area contributed by atoms with Gasteiger partial charge in [-0.15, -0.1) is 0 Å². The molecule has 136 valence electrons. The minimum Gasteiger partial charge on any atom is -0.467 e. The Hall–Kier alpha value is -3.16. The van der Waals surface area contributed by atoms with Crippen LogP contribution in [0.4, 0.5) is 9.18 Å². The molecule has 1 fully saturated rings. The molecule has 0 saturated carbocycles. The molecule has 1 aromatic carbocycles. The number of halogens is 1. The van der Waals surface area contributed by atoms with E-state index >= 15 is 0 Å². The van der Waals surface area contributed by atoms with Crippen LogP contribution in [0.2, 0.25) is 0 Å². The lowest BCUT2D eigenvalue weighted by Gasteiger charge is -2.11. The fourth-order valence-electron chi connectivity index (χ4n) is 2.65. The molecule has 8 heteroatoms. The summed E-state index contributed by atoms with van der Waals surface area (Å²) < 4.78 is 18.0. The Morgan fingerprint density at radius 3 is 2.69 bits per heavy atom. The number of amides is 4. The predicted molar refractivity (Wildman–Crippen MR) is 89.1 cm³/mol. The lowest BCUT2D eigenvalue weighted by Crippen LogP contribution is -2.32. The average Bonchev–Trinajstić information content (AvgIpc) is 3.23. The first-order chi connectivity index (χ1) is 12.5. The van der Waals surface area contributed by atoms with Gasteiger partial charge in [0.25, 0.3) is 5.91 Å². The van der Waals surface area contributed by atoms with Crippen LogP contribution in [0.25, 0.3) is 0 Å². The molecule has 1 aromatic heterocycles. The lowest BCUT2D eigenvalue weighted by molar-refractivity contribution is -0.128. The van der Waals surface area contributed by atoms with Gasteiger partial charge in [0.05, 0.1) is 12.8 Å². The van der Waals surface area contributed by atoms with Gasteiger partial charge in [-0.05, 0) is 36.2 Å². The molecule has 1 aliphatic heterocycles. The summed E-state index contributed by atoms with van der Waals surface area (Å²) in [6.07, 6.45) is 1.76. The van der Waals surface area contributed by atoms with Gasteiger partial charge in [-0.25, -0.2) is 9.18 Å². The molecule has 3 rings (SSSR count). The van der Waals surface area contributed by atoms with Crippen molar-refractivity contribution in [1.82, 2.24) is 15.5 Å². The molecule has 0 spiro atoms. The number of nitrogens with one attached hydrogen (secondary N) is 2. The molecule has 2 N–H and O–H groups in total. The number of carbonyl (C=O) groups excluding carboxylic acids is 3. The van der Waals surface area contributed by atoms with Gasteiger partial charge in [0.1, 0.15) is 17.6 Å². The molecule has 0 aliphatic carbocycles. The third-order valence-electron chi connectivity index (χ3n) is 4.06. The largest absolute Gasteiger partial charge is 0.467 e. The number of hydrogen-bond donors (Lipinski definition) is 2. The molecule has 0 radical (unpaired) electrons. The van der Waals surface area contributed by atoms with E-state index in [0.29, 0.717) is 5.76 Å². The van der Waals surface area contributed by atoms with Gasteiger partial charge in [-0.1, -0.05) is 12.1 Å². The van der Waals surface area contributed by atoms with E-state index < -0.39 is 12.1 Å². The molecule has 2 heterocycles. The molecule has 0 bridgehead atoms. The van der Waals surface area contributed by atoms with Gasteiger partial charge in [0, 0.05) is 13.0 Å². The van der Waals surface area contributed by atoms with Crippen LogP contribution in [0.5, 0.6) is 0 Å². The highest BCUT2D eigenvalue weighted by molar-refractivity contribution is 6.04. The van der Waals surface area contributed by atoms with Crippen LogP contribution in [-0.4, -0.2) is 28.8 Å². The van der Waals surface area contributed by atoms with Crippen molar-refractivity contribution in [2.75, 3.05) is 0 Å². The van der Waals surface area contributed by atoms with Crippen molar-refractivity contribution in [3.8, 4) is 0 Å². The summed E-state index contributed by atoms with van der Waals surface area (Å²) >= 11 is 0. The van der Waals surface area contributed by atoms with E-state index in [4.69, 9.17) is 4.42 Å². The van der Waals surface area contributed by atoms with Crippen molar-refractivity contribution >= 4 is 17.8 Å². The zero-order chi connectivity index (χ0) is 18.5. The van der Waals surface area contributed by atoms with E-state index in [1.165, 1.54) is 18.4 Å².